The number of carboxylic acid groups (broad SMARTS) is 1. The summed E-state index contributed by atoms with van der Waals surface area (Å²) in [4.78, 5) is 21.8. The van der Waals surface area contributed by atoms with Gasteiger partial charge in [-0.1, -0.05) is 0 Å². The predicted molar refractivity (Wildman–Crippen MR) is 98.4 cm³/mol. The molecule has 8 nitrogen and oxygen atoms in total. The lowest BCUT2D eigenvalue weighted by Gasteiger charge is -2.07. The van der Waals surface area contributed by atoms with E-state index in [2.05, 4.69) is 15.0 Å². The van der Waals surface area contributed by atoms with Gasteiger partial charge < -0.3 is 24.1 Å². The van der Waals surface area contributed by atoms with Gasteiger partial charge in [0.25, 0.3) is 0 Å². The van der Waals surface area contributed by atoms with E-state index < -0.39 is 5.97 Å². The Kier molecular flexibility index (Phi) is 4.57. The normalized spacial score (nSPS) is 14.4. The molecule has 0 radical (unpaired) electrons. The second-order valence-corrected chi connectivity index (χ2v) is 6.11. The summed E-state index contributed by atoms with van der Waals surface area (Å²) >= 11 is 0. The number of aromatic amines is 1. The van der Waals surface area contributed by atoms with Crippen molar-refractivity contribution in [3.05, 3.63) is 60.4 Å². The number of H-pyrrole nitrogens is 1. The van der Waals surface area contributed by atoms with Crippen molar-refractivity contribution < 1.29 is 19.4 Å². The quantitative estimate of drug-likeness (QED) is 0.565. The molecule has 0 spiro atoms. The van der Waals surface area contributed by atoms with Gasteiger partial charge >= 0.3 is 5.97 Å². The van der Waals surface area contributed by atoms with E-state index in [4.69, 9.17) is 14.6 Å². The first-order chi connectivity index (χ1) is 13.1. The third-order valence-corrected chi connectivity index (χ3v) is 4.31. The minimum absolute atomic E-state index is 0.0821. The number of ether oxygens (including phenoxy) is 2. The highest BCUT2D eigenvalue weighted by Gasteiger charge is 2.19. The SMILES string of the molecule is Cn1ccc2cc(C(=O)O)ncc21.c1cc2cc(C3OCCO3)ncc2[nH]1. The van der Waals surface area contributed by atoms with Crippen LogP contribution < -0.4 is 0 Å². The van der Waals surface area contributed by atoms with Crippen LogP contribution in [0, 0.1) is 0 Å². The Balaban J connectivity index is 0.000000134. The lowest BCUT2D eigenvalue weighted by Crippen LogP contribution is -2.00. The van der Waals surface area contributed by atoms with Gasteiger partial charge in [-0.3, -0.25) is 4.98 Å². The highest BCUT2D eigenvalue weighted by atomic mass is 16.7. The summed E-state index contributed by atoms with van der Waals surface area (Å²) in [5, 5.41) is 10.7. The highest BCUT2D eigenvalue weighted by Crippen LogP contribution is 2.23. The standard InChI is InChI=1S/C10H10N2O2.C9H8N2O2/c1-2-11-9-6-12-8(5-7(1)9)10-13-3-4-14-10;1-11-3-2-6-4-7(9(12)13)10-5-8(6)11/h1-2,5-6,10-11H,3-4H2;2-5H,1H3,(H,12,13). The predicted octanol–water partition coefficient (Wildman–Crippen LogP) is 2.88. The molecule has 0 bridgehead atoms. The Morgan fingerprint density at radius 1 is 1.19 bits per heavy atom. The zero-order valence-electron chi connectivity index (χ0n) is 14.6. The summed E-state index contributed by atoms with van der Waals surface area (Å²) in [6, 6.07) is 7.43. The van der Waals surface area contributed by atoms with Crippen molar-refractivity contribution >= 4 is 27.8 Å². The molecule has 1 saturated heterocycles. The summed E-state index contributed by atoms with van der Waals surface area (Å²) in [5.74, 6) is -0.995. The van der Waals surface area contributed by atoms with Crippen molar-refractivity contribution in [1.82, 2.24) is 19.5 Å². The summed E-state index contributed by atoms with van der Waals surface area (Å²) in [5.41, 5.74) is 2.89. The first-order valence-corrected chi connectivity index (χ1v) is 8.42. The number of fused-ring (bicyclic) bond motifs is 2. The fourth-order valence-electron chi connectivity index (χ4n) is 2.91. The molecule has 27 heavy (non-hydrogen) atoms. The Labute approximate surface area is 154 Å². The number of carbonyl (C=O) groups is 1. The summed E-state index contributed by atoms with van der Waals surface area (Å²) < 4.78 is 12.6. The molecule has 8 heteroatoms. The topological polar surface area (TPSA) is 102 Å². The van der Waals surface area contributed by atoms with Crippen LogP contribution in [0.15, 0.2) is 49.1 Å². The van der Waals surface area contributed by atoms with Gasteiger partial charge in [0.15, 0.2) is 0 Å². The number of pyridine rings is 2. The van der Waals surface area contributed by atoms with Crippen LogP contribution in [0.2, 0.25) is 0 Å². The van der Waals surface area contributed by atoms with E-state index >= 15 is 0 Å². The molecule has 0 aromatic carbocycles. The van der Waals surface area contributed by atoms with Crippen LogP contribution in [-0.2, 0) is 16.5 Å². The van der Waals surface area contributed by atoms with E-state index in [0.717, 1.165) is 27.5 Å². The van der Waals surface area contributed by atoms with Gasteiger partial charge in [0, 0.05) is 30.2 Å². The van der Waals surface area contributed by atoms with Crippen molar-refractivity contribution in [2.75, 3.05) is 13.2 Å². The van der Waals surface area contributed by atoms with Gasteiger partial charge in [0.2, 0.25) is 6.29 Å². The second-order valence-electron chi connectivity index (χ2n) is 6.11. The number of hydrogen-bond acceptors (Lipinski definition) is 5. The van der Waals surface area contributed by atoms with E-state index in [1.54, 1.807) is 18.5 Å². The fraction of sp³-hybridized carbons (Fsp3) is 0.211. The molecule has 2 N–H and O–H groups in total. The maximum Gasteiger partial charge on any atom is 0.354 e. The lowest BCUT2D eigenvalue weighted by molar-refractivity contribution is -0.0471. The molecule has 5 rings (SSSR count). The van der Waals surface area contributed by atoms with Gasteiger partial charge in [-0.05, 0) is 24.3 Å². The Hall–Kier alpha value is -3.23. The van der Waals surface area contributed by atoms with Gasteiger partial charge in [-0.15, -0.1) is 0 Å². The summed E-state index contributed by atoms with van der Waals surface area (Å²) in [7, 11) is 1.89. The van der Waals surface area contributed by atoms with Gasteiger partial charge in [-0.2, -0.15) is 0 Å². The number of nitrogens with zero attached hydrogens (tertiary/aromatic N) is 3. The van der Waals surface area contributed by atoms with Gasteiger partial charge in [0.05, 0.1) is 42.3 Å². The highest BCUT2D eigenvalue weighted by molar-refractivity contribution is 5.91. The number of carboxylic acids is 1. The minimum atomic E-state index is -0.995. The number of nitrogens with one attached hydrogen (secondary N) is 1. The third-order valence-electron chi connectivity index (χ3n) is 4.31. The molecule has 0 unspecified atom stereocenters. The molecule has 4 aromatic rings. The van der Waals surface area contributed by atoms with Crippen LogP contribution in [0.5, 0.6) is 0 Å². The molecule has 4 aromatic heterocycles. The Bertz CT molecular complexity index is 1100. The van der Waals surface area contributed by atoms with Crippen molar-refractivity contribution in [2.45, 2.75) is 6.29 Å². The maximum atomic E-state index is 10.6. The van der Waals surface area contributed by atoms with Crippen LogP contribution in [0.25, 0.3) is 21.8 Å². The molecule has 1 aliphatic rings. The van der Waals surface area contributed by atoms with E-state index in [9.17, 15) is 4.79 Å². The van der Waals surface area contributed by atoms with E-state index in [1.165, 1.54) is 0 Å². The Morgan fingerprint density at radius 2 is 2.00 bits per heavy atom. The van der Waals surface area contributed by atoms with E-state index in [1.807, 2.05) is 42.2 Å². The van der Waals surface area contributed by atoms with Crippen LogP contribution in [-0.4, -0.2) is 43.8 Å². The largest absolute Gasteiger partial charge is 0.477 e. The summed E-state index contributed by atoms with van der Waals surface area (Å²) in [6.07, 6.45) is 6.85. The average molecular weight is 366 g/mol. The van der Waals surface area contributed by atoms with E-state index in [-0.39, 0.29) is 12.0 Å². The van der Waals surface area contributed by atoms with E-state index in [0.29, 0.717) is 13.2 Å². The van der Waals surface area contributed by atoms with Crippen molar-refractivity contribution in [1.29, 1.82) is 0 Å². The monoisotopic (exact) mass is 366 g/mol. The zero-order valence-corrected chi connectivity index (χ0v) is 14.6. The molecular formula is C19H18N4O4. The first kappa shape index (κ1) is 17.2. The second kappa shape index (κ2) is 7.18. The van der Waals surface area contributed by atoms with Gasteiger partial charge in [0.1, 0.15) is 5.69 Å². The molecule has 0 atom stereocenters. The third kappa shape index (κ3) is 3.53. The van der Waals surface area contributed by atoms with Gasteiger partial charge in [-0.25, -0.2) is 9.78 Å². The molecule has 138 valence electrons. The van der Waals surface area contributed by atoms with Crippen LogP contribution in [0.3, 0.4) is 0 Å². The minimum Gasteiger partial charge on any atom is -0.477 e. The number of rotatable bonds is 2. The summed E-state index contributed by atoms with van der Waals surface area (Å²) in [6.45, 7) is 1.30. The van der Waals surface area contributed by atoms with Crippen molar-refractivity contribution in [2.24, 2.45) is 7.05 Å². The smallest absolute Gasteiger partial charge is 0.354 e. The average Bonchev–Trinajstić information content (AvgIpc) is 3.42. The molecule has 5 heterocycles. The molecule has 1 aliphatic heterocycles. The zero-order chi connectivity index (χ0) is 18.8. The number of aromatic nitrogens is 4. The molecule has 0 saturated carbocycles. The fourth-order valence-corrected chi connectivity index (χ4v) is 2.91. The molecular weight excluding hydrogens is 348 g/mol. The lowest BCUT2D eigenvalue weighted by atomic mass is 10.2. The van der Waals surface area contributed by atoms with Crippen molar-refractivity contribution in [3.8, 4) is 0 Å². The number of aryl methyl sites for hydroxylation is 1. The molecule has 1 fully saturated rings. The van der Waals surface area contributed by atoms with Crippen LogP contribution in [0.4, 0.5) is 0 Å². The number of hydrogen-bond donors (Lipinski definition) is 2. The number of aromatic carboxylic acids is 1. The molecule has 0 aliphatic carbocycles. The maximum absolute atomic E-state index is 10.6. The van der Waals surface area contributed by atoms with Crippen LogP contribution >= 0.6 is 0 Å². The molecule has 0 amide bonds. The van der Waals surface area contributed by atoms with Crippen molar-refractivity contribution in [3.63, 3.8) is 0 Å². The van der Waals surface area contributed by atoms with Crippen LogP contribution in [0.1, 0.15) is 22.5 Å². The first-order valence-electron chi connectivity index (χ1n) is 8.42. The Morgan fingerprint density at radius 3 is 2.78 bits per heavy atom.